The molecule has 0 aliphatic rings. The van der Waals surface area contributed by atoms with Crippen LogP contribution in [0, 0.1) is 6.92 Å². The van der Waals surface area contributed by atoms with Crippen molar-refractivity contribution in [1.29, 1.82) is 0 Å². The van der Waals surface area contributed by atoms with Crippen LogP contribution in [0.5, 0.6) is 0 Å². The standard InChI is InChI=1S/C24H21N5OS/c1-17-21-13-22(31-24(21)29(27-17)20-5-3-2-4-6-20)23(30)26-14-18-7-9-19(10-8-18)15-28-12-11-25-16-28/h2-13,16H,14-15H2,1H3,(H,26,30). The summed E-state index contributed by atoms with van der Waals surface area (Å²) in [6.07, 6.45) is 5.52. The van der Waals surface area contributed by atoms with Gasteiger partial charge in [-0.3, -0.25) is 4.79 Å². The number of benzene rings is 2. The van der Waals surface area contributed by atoms with Gasteiger partial charge in [-0.1, -0.05) is 42.5 Å². The normalized spacial score (nSPS) is 11.1. The molecule has 0 fully saturated rings. The molecule has 0 bridgehead atoms. The number of hydrogen-bond donors (Lipinski definition) is 1. The summed E-state index contributed by atoms with van der Waals surface area (Å²) in [5.41, 5.74) is 4.17. The minimum absolute atomic E-state index is 0.0669. The van der Waals surface area contributed by atoms with Gasteiger partial charge in [0.1, 0.15) is 4.83 Å². The summed E-state index contributed by atoms with van der Waals surface area (Å²) in [7, 11) is 0. The van der Waals surface area contributed by atoms with E-state index in [-0.39, 0.29) is 5.91 Å². The molecule has 0 unspecified atom stereocenters. The molecule has 6 nitrogen and oxygen atoms in total. The third kappa shape index (κ3) is 4.00. The van der Waals surface area contributed by atoms with E-state index in [2.05, 4.69) is 39.7 Å². The first-order valence-electron chi connectivity index (χ1n) is 10.0. The van der Waals surface area contributed by atoms with Gasteiger partial charge >= 0.3 is 0 Å². The van der Waals surface area contributed by atoms with Crippen molar-refractivity contribution < 1.29 is 4.79 Å². The first-order chi connectivity index (χ1) is 15.2. The molecule has 0 aliphatic heterocycles. The number of amides is 1. The predicted molar refractivity (Wildman–Crippen MR) is 123 cm³/mol. The van der Waals surface area contributed by atoms with Crippen molar-refractivity contribution in [2.24, 2.45) is 0 Å². The molecule has 0 saturated carbocycles. The molecule has 0 spiro atoms. The lowest BCUT2D eigenvalue weighted by Gasteiger charge is -2.06. The Morgan fingerprint density at radius 1 is 1.06 bits per heavy atom. The largest absolute Gasteiger partial charge is 0.347 e. The van der Waals surface area contributed by atoms with E-state index < -0.39 is 0 Å². The van der Waals surface area contributed by atoms with Gasteiger partial charge < -0.3 is 9.88 Å². The summed E-state index contributed by atoms with van der Waals surface area (Å²) in [6.45, 7) is 3.25. The summed E-state index contributed by atoms with van der Waals surface area (Å²) in [4.78, 5) is 18.5. The van der Waals surface area contributed by atoms with Gasteiger partial charge in [0, 0.05) is 30.9 Å². The number of imidazole rings is 1. The maximum Gasteiger partial charge on any atom is 0.261 e. The zero-order valence-electron chi connectivity index (χ0n) is 17.0. The summed E-state index contributed by atoms with van der Waals surface area (Å²) in [5.74, 6) is -0.0669. The van der Waals surface area contributed by atoms with Gasteiger partial charge in [0.15, 0.2) is 0 Å². The quantitative estimate of drug-likeness (QED) is 0.432. The molecule has 7 heteroatoms. The van der Waals surface area contributed by atoms with Crippen LogP contribution < -0.4 is 5.32 Å². The molecule has 0 radical (unpaired) electrons. The molecule has 2 aromatic carbocycles. The third-order valence-corrected chi connectivity index (χ3v) is 6.28. The average Bonchev–Trinajstić information content (AvgIpc) is 3.53. The Morgan fingerprint density at radius 2 is 1.84 bits per heavy atom. The van der Waals surface area contributed by atoms with E-state index in [4.69, 9.17) is 0 Å². The Bertz CT molecular complexity index is 1320. The van der Waals surface area contributed by atoms with Crippen molar-refractivity contribution in [2.75, 3.05) is 0 Å². The van der Waals surface area contributed by atoms with Gasteiger partial charge in [-0.2, -0.15) is 5.10 Å². The number of fused-ring (bicyclic) bond motifs is 1. The van der Waals surface area contributed by atoms with Crippen LogP contribution in [-0.4, -0.2) is 25.2 Å². The topological polar surface area (TPSA) is 64.7 Å². The highest BCUT2D eigenvalue weighted by Crippen LogP contribution is 2.30. The van der Waals surface area contributed by atoms with Gasteiger partial charge in [0.2, 0.25) is 0 Å². The fourth-order valence-corrected chi connectivity index (χ4v) is 4.63. The molecule has 0 atom stereocenters. The summed E-state index contributed by atoms with van der Waals surface area (Å²) in [5, 5.41) is 8.69. The van der Waals surface area contributed by atoms with E-state index in [0.29, 0.717) is 11.4 Å². The number of aryl methyl sites for hydroxylation is 1. The van der Waals surface area contributed by atoms with Crippen LogP contribution in [0.4, 0.5) is 0 Å². The first kappa shape index (κ1) is 19.3. The van der Waals surface area contributed by atoms with E-state index in [0.717, 1.165) is 33.7 Å². The van der Waals surface area contributed by atoms with E-state index in [9.17, 15) is 4.79 Å². The molecule has 3 aromatic heterocycles. The summed E-state index contributed by atoms with van der Waals surface area (Å²) in [6, 6.07) is 20.2. The van der Waals surface area contributed by atoms with Gasteiger partial charge in [0.25, 0.3) is 5.91 Å². The number of carbonyl (C=O) groups is 1. The monoisotopic (exact) mass is 427 g/mol. The summed E-state index contributed by atoms with van der Waals surface area (Å²) < 4.78 is 3.93. The SMILES string of the molecule is Cc1nn(-c2ccccc2)c2sc(C(=O)NCc3ccc(Cn4ccnc4)cc3)cc12. The molecule has 0 aliphatic carbocycles. The number of aromatic nitrogens is 4. The number of nitrogens with one attached hydrogen (secondary N) is 1. The minimum atomic E-state index is -0.0669. The molecule has 0 saturated heterocycles. The zero-order valence-corrected chi connectivity index (χ0v) is 17.8. The lowest BCUT2D eigenvalue weighted by atomic mass is 10.1. The first-order valence-corrected chi connectivity index (χ1v) is 10.9. The number of rotatable bonds is 6. The molecule has 31 heavy (non-hydrogen) atoms. The highest BCUT2D eigenvalue weighted by atomic mass is 32.1. The smallest absolute Gasteiger partial charge is 0.261 e. The van der Waals surface area contributed by atoms with Crippen molar-refractivity contribution >= 4 is 27.5 Å². The van der Waals surface area contributed by atoms with Crippen molar-refractivity contribution in [2.45, 2.75) is 20.0 Å². The maximum atomic E-state index is 12.8. The Hall–Kier alpha value is -3.71. The minimum Gasteiger partial charge on any atom is -0.347 e. The molecule has 154 valence electrons. The van der Waals surface area contributed by atoms with Gasteiger partial charge in [-0.15, -0.1) is 11.3 Å². The molecule has 5 aromatic rings. The van der Waals surface area contributed by atoms with Crippen LogP contribution in [0.15, 0.2) is 79.4 Å². The highest BCUT2D eigenvalue weighted by Gasteiger charge is 2.17. The van der Waals surface area contributed by atoms with Gasteiger partial charge in [-0.05, 0) is 36.2 Å². The molecular formula is C24H21N5OS. The third-order valence-electron chi connectivity index (χ3n) is 5.17. The average molecular weight is 428 g/mol. The van der Waals surface area contributed by atoms with Crippen molar-refractivity contribution in [1.82, 2.24) is 24.6 Å². The number of para-hydroxylation sites is 1. The number of hydrogen-bond acceptors (Lipinski definition) is 4. The van der Waals surface area contributed by atoms with Crippen LogP contribution in [0.25, 0.3) is 15.9 Å². The molecule has 1 N–H and O–H groups in total. The van der Waals surface area contributed by atoms with Crippen molar-refractivity contribution in [3.8, 4) is 5.69 Å². The zero-order chi connectivity index (χ0) is 21.2. The molecule has 1 amide bonds. The lowest BCUT2D eigenvalue weighted by molar-refractivity contribution is 0.0955. The van der Waals surface area contributed by atoms with E-state index >= 15 is 0 Å². The second-order valence-corrected chi connectivity index (χ2v) is 8.43. The van der Waals surface area contributed by atoms with E-state index in [1.807, 2.05) is 58.8 Å². The Labute approximate surface area is 183 Å². The Kier molecular flexibility index (Phi) is 5.09. The van der Waals surface area contributed by atoms with E-state index in [1.165, 1.54) is 16.9 Å². The fraction of sp³-hybridized carbons (Fsp3) is 0.125. The fourth-order valence-electron chi connectivity index (χ4n) is 3.53. The van der Waals surface area contributed by atoms with E-state index in [1.54, 1.807) is 12.5 Å². The van der Waals surface area contributed by atoms with Crippen molar-refractivity contribution in [3.05, 3.63) is 101 Å². The Morgan fingerprint density at radius 3 is 2.58 bits per heavy atom. The highest BCUT2D eigenvalue weighted by molar-refractivity contribution is 7.20. The van der Waals surface area contributed by atoms with Crippen LogP contribution >= 0.6 is 11.3 Å². The predicted octanol–water partition coefficient (Wildman–Crippen LogP) is 4.57. The van der Waals surface area contributed by atoms with Crippen LogP contribution in [0.2, 0.25) is 0 Å². The van der Waals surface area contributed by atoms with Crippen LogP contribution in [0.1, 0.15) is 26.5 Å². The number of thiophene rings is 1. The Balaban J connectivity index is 1.28. The van der Waals surface area contributed by atoms with Crippen molar-refractivity contribution in [3.63, 3.8) is 0 Å². The maximum absolute atomic E-state index is 12.8. The van der Waals surface area contributed by atoms with Gasteiger partial charge in [-0.25, -0.2) is 9.67 Å². The lowest BCUT2D eigenvalue weighted by Crippen LogP contribution is -2.21. The molecular weight excluding hydrogens is 406 g/mol. The second kappa shape index (κ2) is 8.20. The number of carbonyl (C=O) groups excluding carboxylic acids is 1. The summed E-state index contributed by atoms with van der Waals surface area (Å²) >= 11 is 1.47. The van der Waals surface area contributed by atoms with Gasteiger partial charge in [0.05, 0.1) is 22.6 Å². The van der Waals surface area contributed by atoms with Crippen LogP contribution in [-0.2, 0) is 13.1 Å². The van der Waals surface area contributed by atoms with Crippen LogP contribution in [0.3, 0.4) is 0 Å². The second-order valence-electron chi connectivity index (χ2n) is 7.40. The molecule has 3 heterocycles. The number of nitrogens with zero attached hydrogens (tertiary/aromatic N) is 4. The molecule has 5 rings (SSSR count).